The van der Waals surface area contributed by atoms with Crippen LogP contribution in [0.15, 0.2) is 30.3 Å². The molecule has 0 amide bonds. The zero-order valence-corrected chi connectivity index (χ0v) is 12.7. The van der Waals surface area contributed by atoms with Crippen LogP contribution in [0.25, 0.3) is 11.4 Å². The summed E-state index contributed by atoms with van der Waals surface area (Å²) in [6.07, 6.45) is 0.651. The number of aliphatic carboxylic acids is 1. The van der Waals surface area contributed by atoms with Gasteiger partial charge in [0.2, 0.25) is 0 Å². The third-order valence-electron chi connectivity index (χ3n) is 3.21. The molecule has 2 N–H and O–H groups in total. The predicted octanol–water partition coefficient (Wildman–Crippen LogP) is 2.50. The van der Waals surface area contributed by atoms with Gasteiger partial charge in [0.15, 0.2) is 5.82 Å². The number of anilines is 1. The Hall–Kier alpha value is -3.03. The molecule has 2 rings (SSSR count). The molecule has 0 spiro atoms. The van der Waals surface area contributed by atoms with E-state index in [-0.39, 0.29) is 5.69 Å². The van der Waals surface area contributed by atoms with E-state index in [9.17, 15) is 14.9 Å². The van der Waals surface area contributed by atoms with Crippen LogP contribution in [0.2, 0.25) is 0 Å². The number of benzene rings is 1. The first kappa shape index (κ1) is 16.3. The van der Waals surface area contributed by atoms with Crippen LogP contribution in [0.4, 0.5) is 11.5 Å². The minimum Gasteiger partial charge on any atom is -0.480 e. The zero-order valence-electron chi connectivity index (χ0n) is 12.7. The minimum atomic E-state index is -0.987. The monoisotopic (exact) mass is 316 g/mol. The Kier molecular flexibility index (Phi) is 4.85. The number of nitro groups is 1. The van der Waals surface area contributed by atoms with E-state index in [1.807, 2.05) is 6.92 Å². The number of carboxylic acids is 1. The summed E-state index contributed by atoms with van der Waals surface area (Å²) < 4.78 is 0. The highest BCUT2D eigenvalue weighted by atomic mass is 16.6. The van der Waals surface area contributed by atoms with E-state index in [4.69, 9.17) is 5.11 Å². The Morgan fingerprint density at radius 2 is 2.00 bits per heavy atom. The number of carbonyl (C=O) groups is 1. The summed E-state index contributed by atoms with van der Waals surface area (Å²) in [5, 5.41) is 22.5. The first-order chi connectivity index (χ1) is 10.9. The van der Waals surface area contributed by atoms with Crippen LogP contribution in [0, 0.1) is 10.1 Å². The van der Waals surface area contributed by atoms with Crippen LogP contribution in [0.3, 0.4) is 0 Å². The summed E-state index contributed by atoms with van der Waals surface area (Å²) >= 11 is 0. The molecule has 0 saturated heterocycles. The molecule has 120 valence electrons. The number of nitrogens with one attached hydrogen (secondary N) is 1. The maximum absolute atomic E-state index is 10.9. The van der Waals surface area contributed by atoms with Gasteiger partial charge < -0.3 is 10.4 Å². The molecule has 0 aliphatic rings. The molecular formula is C15H16N4O4. The van der Waals surface area contributed by atoms with E-state index >= 15 is 0 Å². The molecule has 23 heavy (non-hydrogen) atoms. The molecule has 8 heteroatoms. The third kappa shape index (κ3) is 4.00. The number of nitrogens with zero attached hydrogens (tertiary/aromatic N) is 3. The van der Waals surface area contributed by atoms with Crippen molar-refractivity contribution < 1.29 is 14.8 Å². The van der Waals surface area contributed by atoms with E-state index in [2.05, 4.69) is 15.3 Å². The quantitative estimate of drug-likeness (QED) is 0.620. The maximum atomic E-state index is 10.9. The lowest BCUT2D eigenvalue weighted by Crippen LogP contribution is -2.26. The Bertz CT molecular complexity index is 731. The highest BCUT2D eigenvalue weighted by molar-refractivity contribution is 5.76. The number of aromatic nitrogens is 2. The van der Waals surface area contributed by atoms with Crippen molar-refractivity contribution in [2.24, 2.45) is 0 Å². The number of aryl methyl sites for hydroxylation is 1. The van der Waals surface area contributed by atoms with Gasteiger partial charge in [-0.3, -0.25) is 14.9 Å². The standard InChI is InChI=1S/C15H16N4O4/c1-3-11-8-13(16-9(2)15(20)21)18-14(17-11)10-4-6-12(7-5-10)19(22)23/h4-9H,3H2,1-2H3,(H,20,21)(H,16,17,18)/t9-/m1/s1. The van der Waals surface area contributed by atoms with Gasteiger partial charge in [0.05, 0.1) is 4.92 Å². The molecule has 0 aliphatic heterocycles. The summed E-state index contributed by atoms with van der Waals surface area (Å²) in [5.41, 5.74) is 1.35. The summed E-state index contributed by atoms with van der Waals surface area (Å²) in [4.78, 5) is 29.8. The van der Waals surface area contributed by atoms with Crippen molar-refractivity contribution in [3.8, 4) is 11.4 Å². The molecule has 0 radical (unpaired) electrons. The lowest BCUT2D eigenvalue weighted by molar-refractivity contribution is -0.384. The second kappa shape index (κ2) is 6.82. The molecule has 0 unspecified atom stereocenters. The van der Waals surface area contributed by atoms with Gasteiger partial charge in [-0.1, -0.05) is 6.92 Å². The minimum absolute atomic E-state index is 0.0155. The number of nitro benzene ring substituents is 1. The Morgan fingerprint density at radius 1 is 1.35 bits per heavy atom. The van der Waals surface area contributed by atoms with Crippen LogP contribution < -0.4 is 5.32 Å². The van der Waals surface area contributed by atoms with Crippen molar-refractivity contribution in [1.82, 2.24) is 9.97 Å². The first-order valence-electron chi connectivity index (χ1n) is 7.02. The average Bonchev–Trinajstić information content (AvgIpc) is 2.54. The number of hydrogen-bond donors (Lipinski definition) is 2. The Balaban J connectivity index is 2.37. The molecule has 2 aromatic rings. The second-order valence-electron chi connectivity index (χ2n) is 4.93. The lowest BCUT2D eigenvalue weighted by Gasteiger charge is -2.12. The van der Waals surface area contributed by atoms with E-state index in [1.165, 1.54) is 19.1 Å². The van der Waals surface area contributed by atoms with Crippen LogP contribution in [0.1, 0.15) is 19.5 Å². The number of rotatable bonds is 6. The summed E-state index contributed by atoms with van der Waals surface area (Å²) in [6, 6.07) is 6.79. The van der Waals surface area contributed by atoms with Crippen LogP contribution >= 0.6 is 0 Å². The smallest absolute Gasteiger partial charge is 0.325 e. The molecule has 0 bridgehead atoms. The summed E-state index contributed by atoms with van der Waals surface area (Å²) in [7, 11) is 0. The van der Waals surface area contributed by atoms with Crippen LogP contribution in [0.5, 0.6) is 0 Å². The second-order valence-corrected chi connectivity index (χ2v) is 4.93. The SMILES string of the molecule is CCc1cc(N[C@H](C)C(=O)O)nc(-c2ccc([N+](=O)[O-])cc2)n1. The number of hydrogen-bond acceptors (Lipinski definition) is 6. The molecule has 0 aliphatic carbocycles. The molecule has 1 atom stereocenters. The van der Waals surface area contributed by atoms with Crippen LogP contribution in [-0.4, -0.2) is 32.0 Å². The summed E-state index contributed by atoms with van der Waals surface area (Å²) in [5.74, 6) is -0.196. The molecule has 1 aromatic carbocycles. The molecule has 1 aromatic heterocycles. The first-order valence-corrected chi connectivity index (χ1v) is 7.02. The van der Waals surface area contributed by atoms with E-state index in [0.29, 0.717) is 23.6 Å². The van der Waals surface area contributed by atoms with E-state index in [1.54, 1.807) is 18.2 Å². The molecule has 1 heterocycles. The van der Waals surface area contributed by atoms with Gasteiger partial charge >= 0.3 is 5.97 Å². The molecule has 0 fully saturated rings. The fourth-order valence-electron chi connectivity index (χ4n) is 1.90. The third-order valence-corrected chi connectivity index (χ3v) is 3.21. The van der Waals surface area contributed by atoms with Crippen LogP contribution in [-0.2, 0) is 11.2 Å². The van der Waals surface area contributed by atoms with Gasteiger partial charge in [-0.25, -0.2) is 9.97 Å². The molecular weight excluding hydrogens is 300 g/mol. The van der Waals surface area contributed by atoms with Gasteiger partial charge in [0, 0.05) is 29.5 Å². The largest absolute Gasteiger partial charge is 0.480 e. The molecule has 8 nitrogen and oxygen atoms in total. The molecule has 0 saturated carbocycles. The van der Waals surface area contributed by atoms with Crippen molar-refractivity contribution in [2.75, 3.05) is 5.32 Å². The average molecular weight is 316 g/mol. The van der Waals surface area contributed by atoms with E-state index in [0.717, 1.165) is 5.69 Å². The van der Waals surface area contributed by atoms with Gasteiger partial charge in [-0.05, 0) is 25.5 Å². The predicted molar refractivity (Wildman–Crippen MR) is 84.2 cm³/mol. The Labute approximate surface area is 132 Å². The van der Waals surface area contributed by atoms with Crippen molar-refractivity contribution in [3.63, 3.8) is 0 Å². The fraction of sp³-hybridized carbons (Fsp3) is 0.267. The normalized spacial score (nSPS) is 11.7. The highest BCUT2D eigenvalue weighted by Gasteiger charge is 2.14. The topological polar surface area (TPSA) is 118 Å². The number of carboxylic acid groups (broad SMARTS) is 1. The van der Waals surface area contributed by atoms with Crippen molar-refractivity contribution in [2.45, 2.75) is 26.3 Å². The van der Waals surface area contributed by atoms with Gasteiger partial charge in [0.1, 0.15) is 11.9 Å². The fourth-order valence-corrected chi connectivity index (χ4v) is 1.90. The van der Waals surface area contributed by atoms with E-state index < -0.39 is 16.9 Å². The van der Waals surface area contributed by atoms with Gasteiger partial charge in [-0.15, -0.1) is 0 Å². The van der Waals surface area contributed by atoms with Crippen molar-refractivity contribution >= 4 is 17.5 Å². The lowest BCUT2D eigenvalue weighted by atomic mass is 10.2. The summed E-state index contributed by atoms with van der Waals surface area (Å²) in [6.45, 7) is 3.44. The van der Waals surface area contributed by atoms with Gasteiger partial charge in [-0.2, -0.15) is 0 Å². The van der Waals surface area contributed by atoms with Crippen molar-refractivity contribution in [1.29, 1.82) is 0 Å². The maximum Gasteiger partial charge on any atom is 0.325 e. The van der Waals surface area contributed by atoms with Gasteiger partial charge in [0.25, 0.3) is 5.69 Å². The zero-order chi connectivity index (χ0) is 17.0. The Morgan fingerprint density at radius 3 is 2.52 bits per heavy atom. The highest BCUT2D eigenvalue weighted by Crippen LogP contribution is 2.21. The van der Waals surface area contributed by atoms with Crippen molar-refractivity contribution in [3.05, 3.63) is 46.1 Å². The number of non-ortho nitro benzene ring substituents is 1.